The number of rotatable bonds is 9. The van der Waals surface area contributed by atoms with E-state index in [2.05, 4.69) is 4.90 Å². The number of hydrogen-bond acceptors (Lipinski definition) is 5. The Balaban J connectivity index is 1.82. The lowest BCUT2D eigenvalue weighted by Gasteiger charge is -2.26. The van der Waals surface area contributed by atoms with Crippen LogP contribution in [0.25, 0.3) is 0 Å². The molecule has 5 nitrogen and oxygen atoms in total. The fraction of sp³-hybridized carbons (Fsp3) is 0.455. The summed E-state index contributed by atoms with van der Waals surface area (Å²) in [5.41, 5.74) is 2.11. The Hall–Kier alpha value is -2.31. The molecule has 3 rings (SSSR count). The maximum absolute atomic E-state index is 13.3. The summed E-state index contributed by atoms with van der Waals surface area (Å²) in [6, 6.07) is 10.6. The quantitative estimate of drug-likeness (QED) is 0.648. The molecule has 1 saturated heterocycles. The molecule has 1 aliphatic rings. The SMILES string of the molecule is COc1cc(CN(Cc2ccc(F)cc2)CC2CCCO2)cc(OC)c1OC. The van der Waals surface area contributed by atoms with Crippen LogP contribution in [-0.2, 0) is 17.8 Å². The summed E-state index contributed by atoms with van der Waals surface area (Å²) in [7, 11) is 4.83. The first kappa shape index (κ1) is 20.4. The van der Waals surface area contributed by atoms with Gasteiger partial charge in [-0.25, -0.2) is 4.39 Å². The highest BCUT2D eigenvalue weighted by Gasteiger charge is 2.21. The predicted octanol–water partition coefficient (Wildman–Crippen LogP) is 4.03. The van der Waals surface area contributed by atoms with Gasteiger partial charge in [0, 0.05) is 26.2 Å². The third-order valence-electron chi connectivity index (χ3n) is 4.94. The highest BCUT2D eigenvalue weighted by Crippen LogP contribution is 2.38. The van der Waals surface area contributed by atoms with Gasteiger partial charge in [0.05, 0.1) is 27.4 Å². The first-order valence-electron chi connectivity index (χ1n) is 9.50. The van der Waals surface area contributed by atoms with Gasteiger partial charge in [0.25, 0.3) is 0 Å². The van der Waals surface area contributed by atoms with Crippen LogP contribution in [0, 0.1) is 5.82 Å². The summed E-state index contributed by atoms with van der Waals surface area (Å²) in [5, 5.41) is 0. The number of halogens is 1. The average Bonchev–Trinajstić information content (AvgIpc) is 3.21. The summed E-state index contributed by atoms with van der Waals surface area (Å²) >= 11 is 0. The van der Waals surface area contributed by atoms with E-state index < -0.39 is 0 Å². The van der Waals surface area contributed by atoms with Crippen molar-refractivity contribution in [3.63, 3.8) is 0 Å². The fourth-order valence-electron chi connectivity index (χ4n) is 3.59. The molecular weight excluding hydrogens is 361 g/mol. The smallest absolute Gasteiger partial charge is 0.203 e. The molecule has 1 aliphatic heterocycles. The van der Waals surface area contributed by atoms with E-state index in [0.717, 1.165) is 37.1 Å². The third kappa shape index (κ3) is 5.14. The maximum atomic E-state index is 13.3. The predicted molar refractivity (Wildman–Crippen MR) is 106 cm³/mol. The van der Waals surface area contributed by atoms with E-state index in [1.54, 1.807) is 21.3 Å². The number of methoxy groups -OCH3 is 3. The van der Waals surface area contributed by atoms with Crippen LogP contribution in [0.5, 0.6) is 17.2 Å². The van der Waals surface area contributed by atoms with E-state index >= 15 is 0 Å². The van der Waals surface area contributed by atoms with Crippen molar-refractivity contribution in [2.75, 3.05) is 34.5 Å². The van der Waals surface area contributed by atoms with Crippen LogP contribution >= 0.6 is 0 Å². The van der Waals surface area contributed by atoms with Gasteiger partial charge >= 0.3 is 0 Å². The van der Waals surface area contributed by atoms with Gasteiger partial charge in [-0.05, 0) is 48.2 Å². The molecule has 0 radical (unpaired) electrons. The number of hydrogen-bond donors (Lipinski definition) is 0. The molecule has 28 heavy (non-hydrogen) atoms. The van der Waals surface area contributed by atoms with Crippen molar-refractivity contribution < 1.29 is 23.3 Å². The number of nitrogens with zero attached hydrogens (tertiary/aromatic N) is 1. The summed E-state index contributed by atoms with van der Waals surface area (Å²) in [6.45, 7) is 3.03. The molecule has 2 aromatic carbocycles. The molecule has 152 valence electrons. The Morgan fingerprint density at radius 2 is 1.61 bits per heavy atom. The van der Waals surface area contributed by atoms with Crippen LogP contribution in [-0.4, -0.2) is 45.5 Å². The maximum Gasteiger partial charge on any atom is 0.203 e. The lowest BCUT2D eigenvalue weighted by Crippen LogP contribution is -2.31. The first-order valence-corrected chi connectivity index (χ1v) is 9.50. The normalized spacial score (nSPS) is 16.4. The van der Waals surface area contributed by atoms with Gasteiger partial charge in [-0.15, -0.1) is 0 Å². The van der Waals surface area contributed by atoms with E-state index in [1.165, 1.54) is 12.1 Å². The van der Waals surface area contributed by atoms with Crippen LogP contribution in [0.1, 0.15) is 24.0 Å². The second-order valence-electron chi connectivity index (χ2n) is 6.96. The molecule has 6 heteroatoms. The van der Waals surface area contributed by atoms with Gasteiger partial charge in [-0.1, -0.05) is 12.1 Å². The van der Waals surface area contributed by atoms with Crippen molar-refractivity contribution >= 4 is 0 Å². The molecule has 0 aliphatic carbocycles. The van der Waals surface area contributed by atoms with Crippen LogP contribution in [0.4, 0.5) is 4.39 Å². The van der Waals surface area contributed by atoms with Gasteiger partial charge < -0.3 is 18.9 Å². The van der Waals surface area contributed by atoms with Crippen molar-refractivity contribution in [2.45, 2.75) is 32.0 Å². The minimum absolute atomic E-state index is 0.223. The molecule has 0 saturated carbocycles. The Morgan fingerprint density at radius 1 is 0.964 bits per heavy atom. The van der Waals surface area contributed by atoms with Crippen molar-refractivity contribution in [2.24, 2.45) is 0 Å². The zero-order valence-electron chi connectivity index (χ0n) is 16.7. The topological polar surface area (TPSA) is 40.2 Å². The molecule has 0 bridgehead atoms. The highest BCUT2D eigenvalue weighted by molar-refractivity contribution is 5.53. The van der Waals surface area contributed by atoms with E-state index in [1.807, 2.05) is 24.3 Å². The summed E-state index contributed by atoms with van der Waals surface area (Å²) in [4.78, 5) is 2.31. The fourth-order valence-corrected chi connectivity index (χ4v) is 3.59. The summed E-state index contributed by atoms with van der Waals surface area (Å²) < 4.78 is 35.5. The van der Waals surface area contributed by atoms with E-state index in [0.29, 0.717) is 30.3 Å². The highest BCUT2D eigenvalue weighted by atomic mass is 19.1. The van der Waals surface area contributed by atoms with Crippen molar-refractivity contribution in [3.05, 3.63) is 53.3 Å². The third-order valence-corrected chi connectivity index (χ3v) is 4.94. The zero-order chi connectivity index (χ0) is 19.9. The van der Waals surface area contributed by atoms with Gasteiger partial charge in [0.1, 0.15) is 5.82 Å². The lowest BCUT2D eigenvalue weighted by molar-refractivity contribution is 0.0678. The Morgan fingerprint density at radius 3 is 2.14 bits per heavy atom. The molecular formula is C22H28FNO4. The van der Waals surface area contributed by atoms with Crippen LogP contribution < -0.4 is 14.2 Å². The Kier molecular flexibility index (Phi) is 7.12. The molecule has 1 heterocycles. The second-order valence-corrected chi connectivity index (χ2v) is 6.96. The van der Waals surface area contributed by atoms with Crippen LogP contribution in [0.2, 0.25) is 0 Å². The molecule has 1 atom stereocenters. The molecule has 0 aromatic heterocycles. The Labute approximate surface area is 166 Å². The van der Waals surface area contributed by atoms with Gasteiger partial charge in [0.2, 0.25) is 5.75 Å². The van der Waals surface area contributed by atoms with Gasteiger partial charge in [-0.2, -0.15) is 0 Å². The van der Waals surface area contributed by atoms with Crippen molar-refractivity contribution in [1.29, 1.82) is 0 Å². The number of ether oxygens (including phenoxy) is 4. The largest absolute Gasteiger partial charge is 0.493 e. The first-order chi connectivity index (χ1) is 13.6. The van der Waals surface area contributed by atoms with Gasteiger partial charge in [0.15, 0.2) is 11.5 Å². The molecule has 0 spiro atoms. The average molecular weight is 389 g/mol. The molecule has 1 fully saturated rings. The molecule has 0 amide bonds. The van der Waals surface area contributed by atoms with Crippen molar-refractivity contribution in [3.8, 4) is 17.2 Å². The van der Waals surface area contributed by atoms with E-state index in [4.69, 9.17) is 18.9 Å². The molecule has 1 unspecified atom stereocenters. The minimum atomic E-state index is -0.223. The lowest BCUT2D eigenvalue weighted by atomic mass is 10.1. The monoisotopic (exact) mass is 389 g/mol. The second kappa shape index (κ2) is 9.75. The minimum Gasteiger partial charge on any atom is -0.493 e. The summed E-state index contributed by atoms with van der Waals surface area (Å²) in [6.07, 6.45) is 2.39. The van der Waals surface area contributed by atoms with E-state index in [-0.39, 0.29) is 11.9 Å². The Bertz CT molecular complexity index is 735. The van der Waals surface area contributed by atoms with Crippen LogP contribution in [0.15, 0.2) is 36.4 Å². The number of benzene rings is 2. The standard InChI is InChI=1S/C22H28FNO4/c1-25-20-11-17(12-21(26-2)22(20)27-3)14-24(15-19-5-4-10-28-19)13-16-6-8-18(23)9-7-16/h6-9,11-12,19H,4-5,10,13-15H2,1-3H3. The molecule has 0 N–H and O–H groups in total. The zero-order valence-corrected chi connectivity index (χ0v) is 16.7. The van der Waals surface area contributed by atoms with Crippen molar-refractivity contribution in [1.82, 2.24) is 4.90 Å². The van der Waals surface area contributed by atoms with Crippen LogP contribution in [0.3, 0.4) is 0 Å². The van der Waals surface area contributed by atoms with E-state index in [9.17, 15) is 4.39 Å². The summed E-state index contributed by atoms with van der Waals surface area (Å²) in [5.74, 6) is 1.63. The molecule has 2 aromatic rings. The van der Waals surface area contributed by atoms with Gasteiger partial charge in [-0.3, -0.25) is 4.90 Å².